The Morgan fingerprint density at radius 1 is 1.40 bits per heavy atom. The minimum Gasteiger partial charge on any atom is -0.393 e. The number of nitrogens with zero attached hydrogens (tertiary/aromatic N) is 1. The average molecular weight is 216 g/mol. The van der Waals surface area contributed by atoms with Crippen molar-refractivity contribution in [2.24, 2.45) is 0 Å². The molecule has 0 bridgehead atoms. The molecule has 0 saturated heterocycles. The molecule has 1 atom stereocenters. The maximum atomic E-state index is 11.5. The summed E-state index contributed by atoms with van der Waals surface area (Å²) in [6.45, 7) is 6.92. The Hall–Kier alpha value is -0.610. The first-order valence-electron chi connectivity index (χ1n) is 5.59. The zero-order valence-corrected chi connectivity index (χ0v) is 10.3. The first-order valence-corrected chi connectivity index (χ1v) is 5.59. The highest BCUT2D eigenvalue weighted by Crippen LogP contribution is 1.95. The van der Waals surface area contributed by atoms with Crippen LogP contribution in [0.5, 0.6) is 0 Å². The summed E-state index contributed by atoms with van der Waals surface area (Å²) in [4.78, 5) is 13.2. The number of carbonyl (C=O) groups excluding carboxylic acids is 1. The molecule has 0 heterocycles. The number of likely N-dealkylation sites (N-methyl/N-ethyl adjacent to an activating group) is 1. The maximum Gasteiger partial charge on any atom is 0.236 e. The third-order valence-electron chi connectivity index (χ3n) is 2.42. The van der Waals surface area contributed by atoms with Crippen LogP contribution in [0.2, 0.25) is 0 Å². The van der Waals surface area contributed by atoms with Gasteiger partial charge in [0.1, 0.15) is 0 Å². The lowest BCUT2D eigenvalue weighted by molar-refractivity contribution is -0.130. The second kappa shape index (κ2) is 7.65. The smallest absolute Gasteiger partial charge is 0.236 e. The van der Waals surface area contributed by atoms with Crippen molar-refractivity contribution in [3.05, 3.63) is 0 Å². The Morgan fingerprint density at radius 2 is 2.00 bits per heavy atom. The Morgan fingerprint density at radius 3 is 2.47 bits per heavy atom. The molecule has 4 heteroatoms. The molecular weight excluding hydrogens is 192 g/mol. The maximum absolute atomic E-state index is 11.5. The molecule has 15 heavy (non-hydrogen) atoms. The first-order chi connectivity index (χ1) is 6.95. The van der Waals surface area contributed by atoms with Crippen LogP contribution in [0.4, 0.5) is 0 Å². The standard InChI is InChI=1S/C11H24N2O2/c1-9(2)13(4)11(15)8-12-7-5-6-10(3)14/h9-10,12,14H,5-8H2,1-4H3. The van der Waals surface area contributed by atoms with Crippen molar-refractivity contribution in [3.63, 3.8) is 0 Å². The summed E-state index contributed by atoms with van der Waals surface area (Å²) >= 11 is 0. The summed E-state index contributed by atoms with van der Waals surface area (Å²) in [7, 11) is 1.81. The monoisotopic (exact) mass is 216 g/mol. The van der Waals surface area contributed by atoms with Crippen molar-refractivity contribution in [2.45, 2.75) is 45.8 Å². The van der Waals surface area contributed by atoms with Gasteiger partial charge in [0.2, 0.25) is 5.91 Å². The Bertz CT molecular complexity index is 181. The summed E-state index contributed by atoms with van der Waals surface area (Å²) < 4.78 is 0. The second-order valence-electron chi connectivity index (χ2n) is 4.27. The second-order valence-corrected chi connectivity index (χ2v) is 4.27. The van der Waals surface area contributed by atoms with E-state index in [9.17, 15) is 4.79 Å². The summed E-state index contributed by atoms with van der Waals surface area (Å²) in [5, 5.41) is 12.1. The molecule has 2 N–H and O–H groups in total. The van der Waals surface area contributed by atoms with E-state index in [0.29, 0.717) is 6.54 Å². The fourth-order valence-electron chi connectivity index (χ4n) is 1.13. The van der Waals surface area contributed by atoms with Crippen LogP contribution in [0.1, 0.15) is 33.6 Å². The molecule has 0 aromatic carbocycles. The number of rotatable bonds is 7. The molecule has 0 saturated carbocycles. The van der Waals surface area contributed by atoms with E-state index in [1.165, 1.54) is 0 Å². The van der Waals surface area contributed by atoms with Crippen LogP contribution in [-0.4, -0.2) is 48.2 Å². The summed E-state index contributed by atoms with van der Waals surface area (Å²) in [5.74, 6) is 0.113. The molecule has 0 aliphatic rings. The van der Waals surface area contributed by atoms with E-state index in [0.717, 1.165) is 19.4 Å². The molecule has 0 aliphatic heterocycles. The van der Waals surface area contributed by atoms with Crippen LogP contribution in [0.3, 0.4) is 0 Å². The van der Waals surface area contributed by atoms with Crippen LogP contribution in [0.25, 0.3) is 0 Å². The quantitative estimate of drug-likeness (QED) is 0.613. The molecule has 0 aliphatic carbocycles. The van der Waals surface area contributed by atoms with Crippen molar-refractivity contribution in [3.8, 4) is 0 Å². The van der Waals surface area contributed by atoms with E-state index in [1.54, 1.807) is 11.8 Å². The minimum atomic E-state index is -0.249. The summed E-state index contributed by atoms with van der Waals surface area (Å²) in [5.41, 5.74) is 0. The molecular formula is C11H24N2O2. The molecule has 1 amide bonds. The van der Waals surface area contributed by atoms with E-state index in [2.05, 4.69) is 5.32 Å². The van der Waals surface area contributed by atoms with Crippen LogP contribution >= 0.6 is 0 Å². The fourth-order valence-corrected chi connectivity index (χ4v) is 1.13. The normalized spacial score (nSPS) is 12.9. The lowest BCUT2D eigenvalue weighted by Crippen LogP contribution is -2.39. The van der Waals surface area contributed by atoms with Crippen molar-refractivity contribution in [1.82, 2.24) is 10.2 Å². The number of nitrogens with one attached hydrogen (secondary N) is 1. The van der Waals surface area contributed by atoms with E-state index in [1.807, 2.05) is 20.9 Å². The van der Waals surface area contributed by atoms with E-state index in [-0.39, 0.29) is 18.1 Å². The number of aliphatic hydroxyl groups is 1. The molecule has 0 fully saturated rings. The first kappa shape index (κ1) is 14.4. The lowest BCUT2D eigenvalue weighted by Gasteiger charge is -2.21. The van der Waals surface area contributed by atoms with Crippen LogP contribution in [0.15, 0.2) is 0 Å². The number of aliphatic hydroxyl groups excluding tert-OH is 1. The molecule has 0 aromatic heterocycles. The zero-order valence-electron chi connectivity index (χ0n) is 10.3. The van der Waals surface area contributed by atoms with Crippen LogP contribution < -0.4 is 5.32 Å². The van der Waals surface area contributed by atoms with E-state index in [4.69, 9.17) is 5.11 Å². The van der Waals surface area contributed by atoms with Crippen molar-refractivity contribution in [2.75, 3.05) is 20.1 Å². The summed E-state index contributed by atoms with van der Waals surface area (Å²) in [6, 6.07) is 0.247. The predicted octanol–water partition coefficient (Wildman–Crippen LogP) is 0.604. The van der Waals surface area contributed by atoms with E-state index >= 15 is 0 Å². The third kappa shape index (κ3) is 7.33. The highest BCUT2D eigenvalue weighted by molar-refractivity contribution is 5.78. The molecule has 0 radical (unpaired) electrons. The number of hydrogen-bond donors (Lipinski definition) is 2. The van der Waals surface area contributed by atoms with Gasteiger partial charge in [-0.15, -0.1) is 0 Å². The molecule has 4 nitrogen and oxygen atoms in total. The van der Waals surface area contributed by atoms with E-state index < -0.39 is 0 Å². The van der Waals surface area contributed by atoms with Crippen molar-refractivity contribution < 1.29 is 9.90 Å². The van der Waals surface area contributed by atoms with Gasteiger partial charge >= 0.3 is 0 Å². The molecule has 90 valence electrons. The highest BCUT2D eigenvalue weighted by atomic mass is 16.3. The average Bonchev–Trinajstić information content (AvgIpc) is 2.15. The fraction of sp³-hybridized carbons (Fsp3) is 0.909. The van der Waals surface area contributed by atoms with Gasteiger partial charge < -0.3 is 15.3 Å². The van der Waals surface area contributed by atoms with Crippen LogP contribution in [0, 0.1) is 0 Å². The Labute approximate surface area is 92.7 Å². The topological polar surface area (TPSA) is 52.6 Å². The van der Waals surface area contributed by atoms with Gasteiger partial charge in [-0.05, 0) is 40.2 Å². The lowest BCUT2D eigenvalue weighted by atomic mass is 10.2. The molecule has 0 aromatic rings. The predicted molar refractivity (Wildman–Crippen MR) is 61.7 cm³/mol. The molecule has 1 unspecified atom stereocenters. The molecule has 0 rings (SSSR count). The third-order valence-corrected chi connectivity index (χ3v) is 2.42. The highest BCUT2D eigenvalue weighted by Gasteiger charge is 2.10. The Kier molecular flexibility index (Phi) is 7.34. The number of hydrogen-bond acceptors (Lipinski definition) is 3. The van der Waals surface area contributed by atoms with Gasteiger partial charge in [0.15, 0.2) is 0 Å². The van der Waals surface area contributed by atoms with Gasteiger partial charge in [0, 0.05) is 13.1 Å². The van der Waals surface area contributed by atoms with Crippen molar-refractivity contribution in [1.29, 1.82) is 0 Å². The number of carbonyl (C=O) groups is 1. The Balaban J connectivity index is 3.47. The van der Waals surface area contributed by atoms with Gasteiger partial charge in [-0.3, -0.25) is 4.79 Å². The van der Waals surface area contributed by atoms with Gasteiger partial charge in [-0.25, -0.2) is 0 Å². The van der Waals surface area contributed by atoms with Gasteiger partial charge in [-0.2, -0.15) is 0 Å². The summed E-state index contributed by atoms with van der Waals surface area (Å²) in [6.07, 6.45) is 1.43. The minimum absolute atomic E-state index is 0.113. The van der Waals surface area contributed by atoms with Gasteiger partial charge in [0.05, 0.1) is 12.6 Å². The van der Waals surface area contributed by atoms with Crippen LogP contribution in [-0.2, 0) is 4.79 Å². The SMILES string of the molecule is CC(O)CCCNCC(=O)N(C)C(C)C. The number of amides is 1. The molecule has 0 spiro atoms. The van der Waals surface area contributed by atoms with Gasteiger partial charge in [-0.1, -0.05) is 0 Å². The zero-order chi connectivity index (χ0) is 11.8. The largest absolute Gasteiger partial charge is 0.393 e. The van der Waals surface area contributed by atoms with Gasteiger partial charge in [0.25, 0.3) is 0 Å². The van der Waals surface area contributed by atoms with Crippen molar-refractivity contribution >= 4 is 5.91 Å².